The predicted octanol–water partition coefficient (Wildman–Crippen LogP) is 2.14. The van der Waals surface area contributed by atoms with Crippen molar-refractivity contribution in [2.45, 2.75) is 39.2 Å². The van der Waals surface area contributed by atoms with E-state index < -0.39 is 0 Å². The highest BCUT2D eigenvalue weighted by Crippen LogP contribution is 2.14. The van der Waals surface area contributed by atoms with Crippen LogP contribution in [0.5, 0.6) is 0 Å². The number of methoxy groups -OCH3 is 1. The highest BCUT2D eigenvalue weighted by atomic mass is 16.5. The van der Waals surface area contributed by atoms with E-state index in [4.69, 9.17) is 4.74 Å². The van der Waals surface area contributed by atoms with E-state index in [1.54, 1.807) is 0 Å². The Kier molecular flexibility index (Phi) is 4.74. The summed E-state index contributed by atoms with van der Waals surface area (Å²) in [6, 6.07) is 0. The molecule has 1 rings (SSSR count). The van der Waals surface area contributed by atoms with Gasteiger partial charge in [0.05, 0.1) is 6.10 Å². The molecule has 1 aliphatic rings. The van der Waals surface area contributed by atoms with Crippen LogP contribution in [-0.4, -0.2) is 37.7 Å². The van der Waals surface area contributed by atoms with E-state index in [-0.39, 0.29) is 0 Å². The molecular weight excluding hydrogens is 162 g/mol. The van der Waals surface area contributed by atoms with Crippen molar-refractivity contribution in [3.63, 3.8) is 0 Å². The normalized spacial score (nSPS) is 26.3. The fourth-order valence-electron chi connectivity index (χ4n) is 2.06. The zero-order valence-electron chi connectivity index (χ0n) is 9.25. The minimum atomic E-state index is 0.511. The number of hydrogen-bond donors (Lipinski definition) is 0. The molecule has 0 unspecified atom stereocenters. The fraction of sp³-hybridized carbons (Fsp3) is 1.00. The monoisotopic (exact) mass is 185 g/mol. The van der Waals surface area contributed by atoms with Crippen molar-refractivity contribution >= 4 is 0 Å². The minimum Gasteiger partial charge on any atom is -0.381 e. The van der Waals surface area contributed by atoms with Crippen LogP contribution in [0, 0.1) is 5.92 Å². The second kappa shape index (κ2) is 5.61. The van der Waals surface area contributed by atoms with E-state index >= 15 is 0 Å². The van der Waals surface area contributed by atoms with Gasteiger partial charge >= 0.3 is 0 Å². The van der Waals surface area contributed by atoms with Gasteiger partial charge in [-0.2, -0.15) is 0 Å². The van der Waals surface area contributed by atoms with Gasteiger partial charge in [-0.05, 0) is 31.7 Å². The Labute approximate surface area is 82.3 Å². The third-order valence-electron chi connectivity index (χ3n) is 2.72. The highest BCUT2D eigenvalue weighted by Gasteiger charge is 2.16. The van der Waals surface area contributed by atoms with Gasteiger partial charge in [-0.3, -0.25) is 0 Å². The van der Waals surface area contributed by atoms with Crippen LogP contribution in [0.4, 0.5) is 0 Å². The highest BCUT2D eigenvalue weighted by molar-refractivity contribution is 4.70. The average molecular weight is 185 g/mol. The van der Waals surface area contributed by atoms with Gasteiger partial charge in [0.15, 0.2) is 0 Å². The predicted molar refractivity (Wildman–Crippen MR) is 55.9 cm³/mol. The average Bonchev–Trinajstić information content (AvgIpc) is 2.29. The molecule has 1 aliphatic heterocycles. The molecule has 0 aromatic rings. The summed E-state index contributed by atoms with van der Waals surface area (Å²) in [7, 11) is 1.84. The Bertz CT molecular complexity index is 136. The summed E-state index contributed by atoms with van der Waals surface area (Å²) in [5.74, 6) is 0.791. The van der Waals surface area contributed by atoms with Crippen LogP contribution in [0.25, 0.3) is 0 Å². The molecule has 0 spiro atoms. The molecule has 1 atom stereocenters. The molecule has 2 nitrogen and oxygen atoms in total. The molecule has 13 heavy (non-hydrogen) atoms. The number of ether oxygens (including phenoxy) is 1. The summed E-state index contributed by atoms with van der Waals surface area (Å²) in [6.45, 7) is 8.31. The molecule has 0 saturated carbocycles. The summed E-state index contributed by atoms with van der Waals surface area (Å²) >= 11 is 0. The maximum atomic E-state index is 5.40. The van der Waals surface area contributed by atoms with E-state index in [2.05, 4.69) is 18.7 Å². The zero-order chi connectivity index (χ0) is 9.68. The van der Waals surface area contributed by atoms with Gasteiger partial charge in [0, 0.05) is 20.2 Å². The quantitative estimate of drug-likeness (QED) is 0.668. The van der Waals surface area contributed by atoms with E-state index in [1.165, 1.54) is 38.9 Å². The fourth-order valence-corrected chi connectivity index (χ4v) is 2.06. The molecule has 1 saturated heterocycles. The molecule has 2 heteroatoms. The van der Waals surface area contributed by atoms with Crippen molar-refractivity contribution in [2.75, 3.05) is 26.7 Å². The van der Waals surface area contributed by atoms with Crippen LogP contribution in [0.1, 0.15) is 33.1 Å². The number of nitrogens with zero attached hydrogens (tertiary/aromatic N) is 1. The third-order valence-corrected chi connectivity index (χ3v) is 2.72. The zero-order valence-corrected chi connectivity index (χ0v) is 9.25. The molecule has 78 valence electrons. The van der Waals surface area contributed by atoms with Crippen molar-refractivity contribution in [1.29, 1.82) is 0 Å². The van der Waals surface area contributed by atoms with E-state index in [1.807, 2.05) is 7.11 Å². The van der Waals surface area contributed by atoms with E-state index in [0.717, 1.165) is 5.92 Å². The molecule has 1 heterocycles. The Balaban J connectivity index is 2.27. The van der Waals surface area contributed by atoms with Crippen LogP contribution in [0.15, 0.2) is 0 Å². The number of likely N-dealkylation sites (tertiary alicyclic amines) is 1. The van der Waals surface area contributed by atoms with Gasteiger partial charge in [0.1, 0.15) is 0 Å². The summed E-state index contributed by atoms with van der Waals surface area (Å²) in [5.41, 5.74) is 0. The Morgan fingerprint density at radius 3 is 2.69 bits per heavy atom. The van der Waals surface area contributed by atoms with Gasteiger partial charge in [-0.15, -0.1) is 0 Å². The van der Waals surface area contributed by atoms with Crippen molar-refractivity contribution in [2.24, 2.45) is 5.92 Å². The third kappa shape index (κ3) is 4.10. The van der Waals surface area contributed by atoms with Crippen LogP contribution < -0.4 is 0 Å². The molecule has 0 amide bonds. The van der Waals surface area contributed by atoms with Crippen LogP contribution in [-0.2, 0) is 4.74 Å². The first-order valence-corrected chi connectivity index (χ1v) is 5.47. The number of rotatable bonds is 3. The second-order valence-corrected chi connectivity index (χ2v) is 4.48. The first kappa shape index (κ1) is 11.0. The molecule has 1 fully saturated rings. The van der Waals surface area contributed by atoms with Crippen molar-refractivity contribution in [3.8, 4) is 0 Å². The molecule has 0 N–H and O–H groups in total. The minimum absolute atomic E-state index is 0.511. The maximum absolute atomic E-state index is 5.40. The SMILES string of the molecule is CO[C@@H]1CCCN(CC(C)C)CC1. The summed E-state index contributed by atoms with van der Waals surface area (Å²) in [4.78, 5) is 2.57. The molecule has 0 aromatic heterocycles. The van der Waals surface area contributed by atoms with Crippen LogP contribution in [0.2, 0.25) is 0 Å². The van der Waals surface area contributed by atoms with Crippen molar-refractivity contribution in [3.05, 3.63) is 0 Å². The van der Waals surface area contributed by atoms with Crippen LogP contribution >= 0.6 is 0 Å². The molecule has 0 aromatic carbocycles. The first-order valence-electron chi connectivity index (χ1n) is 5.47. The van der Waals surface area contributed by atoms with Gasteiger partial charge in [-0.1, -0.05) is 13.8 Å². The van der Waals surface area contributed by atoms with Gasteiger partial charge in [0.2, 0.25) is 0 Å². The molecule has 0 bridgehead atoms. The summed E-state index contributed by atoms with van der Waals surface area (Å²) in [6.07, 6.45) is 4.26. The van der Waals surface area contributed by atoms with E-state index in [9.17, 15) is 0 Å². The molecule has 0 radical (unpaired) electrons. The lowest BCUT2D eigenvalue weighted by atomic mass is 10.2. The largest absolute Gasteiger partial charge is 0.381 e. The number of hydrogen-bond acceptors (Lipinski definition) is 2. The van der Waals surface area contributed by atoms with Crippen LogP contribution in [0.3, 0.4) is 0 Å². The Morgan fingerprint density at radius 2 is 2.08 bits per heavy atom. The standard InChI is InChI=1S/C11H23NO/c1-10(2)9-12-7-4-5-11(13-3)6-8-12/h10-11H,4-9H2,1-3H3/t11-/m1/s1. The lowest BCUT2D eigenvalue weighted by Gasteiger charge is -2.21. The van der Waals surface area contributed by atoms with Gasteiger partial charge in [-0.25, -0.2) is 0 Å². The first-order chi connectivity index (χ1) is 6.22. The molecular formula is C11H23NO. The summed E-state index contributed by atoms with van der Waals surface area (Å²) in [5, 5.41) is 0. The maximum Gasteiger partial charge on any atom is 0.0584 e. The van der Waals surface area contributed by atoms with Gasteiger partial charge in [0.25, 0.3) is 0 Å². The van der Waals surface area contributed by atoms with Crippen molar-refractivity contribution < 1.29 is 4.74 Å². The van der Waals surface area contributed by atoms with Gasteiger partial charge < -0.3 is 9.64 Å². The molecule has 0 aliphatic carbocycles. The smallest absolute Gasteiger partial charge is 0.0584 e. The van der Waals surface area contributed by atoms with E-state index in [0.29, 0.717) is 6.10 Å². The topological polar surface area (TPSA) is 12.5 Å². The Morgan fingerprint density at radius 1 is 1.31 bits per heavy atom. The Hall–Kier alpha value is -0.0800. The van der Waals surface area contributed by atoms with Crippen molar-refractivity contribution in [1.82, 2.24) is 4.90 Å². The summed E-state index contributed by atoms with van der Waals surface area (Å²) < 4.78 is 5.40. The lowest BCUT2D eigenvalue weighted by Crippen LogP contribution is -2.29. The lowest BCUT2D eigenvalue weighted by molar-refractivity contribution is 0.0893. The second-order valence-electron chi connectivity index (χ2n) is 4.48.